The Morgan fingerprint density at radius 3 is 2.36 bits per heavy atom. The van der Waals surface area contributed by atoms with Crippen molar-refractivity contribution in [3.63, 3.8) is 0 Å². The van der Waals surface area contributed by atoms with Gasteiger partial charge in [-0.1, -0.05) is 35.5 Å². The Kier molecular flexibility index (Phi) is 10.4. The number of carbonyl (C=O) groups is 1. The smallest absolute Gasteiger partial charge is 0.204 e. The number of methoxy groups -OCH3 is 2. The van der Waals surface area contributed by atoms with Crippen molar-refractivity contribution in [2.45, 2.75) is 47.6 Å². The lowest BCUT2D eigenvalue weighted by atomic mass is 9.84. The van der Waals surface area contributed by atoms with Crippen LogP contribution in [0.3, 0.4) is 0 Å². The van der Waals surface area contributed by atoms with Gasteiger partial charge in [0.05, 0.1) is 62.3 Å². The zero-order valence-corrected chi connectivity index (χ0v) is 24.9. The number of hydrogen-bond donors (Lipinski definition) is 3. The molecule has 244 valence electrons. The Labute approximate surface area is 259 Å². The van der Waals surface area contributed by atoms with E-state index in [2.05, 4.69) is 15.0 Å². The zero-order chi connectivity index (χ0) is 32.4. The number of ketones is 1. The van der Waals surface area contributed by atoms with Gasteiger partial charge in [-0.15, -0.1) is 16.9 Å². The first-order valence-corrected chi connectivity index (χ1v) is 14.8. The fourth-order valence-electron chi connectivity index (χ4n) is 5.59. The number of rotatable bonds is 10. The molecule has 2 aliphatic heterocycles. The van der Waals surface area contributed by atoms with Crippen LogP contribution >= 0.6 is 11.8 Å². The third kappa shape index (κ3) is 6.45. The van der Waals surface area contributed by atoms with E-state index in [1.807, 2.05) is 30.3 Å². The second-order valence-corrected chi connectivity index (χ2v) is 11.9. The molecule has 0 spiro atoms. The van der Waals surface area contributed by atoms with Crippen LogP contribution < -0.4 is 4.74 Å². The number of aliphatic hydroxyl groups excluding tert-OH is 3. The first-order chi connectivity index (χ1) is 21.6. The molecule has 2 aliphatic rings. The first-order valence-electron chi connectivity index (χ1n) is 13.9. The molecular weight excluding hydrogens is 626 g/mol. The second-order valence-electron chi connectivity index (χ2n) is 10.6. The molecule has 45 heavy (non-hydrogen) atoms. The van der Waals surface area contributed by atoms with Crippen molar-refractivity contribution in [3.05, 3.63) is 65.4 Å². The summed E-state index contributed by atoms with van der Waals surface area (Å²) in [6, 6.07) is 8.66. The Balaban J connectivity index is 1.36. The summed E-state index contributed by atoms with van der Waals surface area (Å²) in [6.45, 7) is -0.521. The molecule has 0 radical (unpaired) electrons. The summed E-state index contributed by atoms with van der Waals surface area (Å²) in [5.41, 5.74) is -1.10. The number of carbonyl (C=O) groups excluding carboxylic acids is 1. The van der Waals surface area contributed by atoms with Crippen molar-refractivity contribution < 1.29 is 56.6 Å². The molecule has 0 aliphatic carbocycles. The number of Topliss-reactive ketones (excluding diaryl/α,β-unsaturated/α-hetero) is 1. The van der Waals surface area contributed by atoms with Crippen molar-refractivity contribution in [3.8, 4) is 17.0 Å². The van der Waals surface area contributed by atoms with Crippen molar-refractivity contribution in [2.24, 2.45) is 5.92 Å². The molecule has 3 N–H and O–H groups in total. The largest absolute Gasteiger partial charge is 0.491 e. The van der Waals surface area contributed by atoms with E-state index in [1.165, 1.54) is 11.8 Å². The Morgan fingerprint density at radius 1 is 1.04 bits per heavy atom. The highest BCUT2D eigenvalue weighted by Crippen LogP contribution is 2.41. The number of thioether (sulfide) groups is 1. The van der Waals surface area contributed by atoms with Crippen LogP contribution in [0.4, 0.5) is 17.6 Å². The molecule has 1 aromatic heterocycles. The minimum Gasteiger partial charge on any atom is -0.491 e. The molecule has 5 rings (SSSR count). The highest BCUT2D eigenvalue weighted by molar-refractivity contribution is 8.00. The summed E-state index contributed by atoms with van der Waals surface area (Å²) >= 11 is 1.05. The van der Waals surface area contributed by atoms with E-state index in [4.69, 9.17) is 14.2 Å². The topological polar surface area (TPSA) is 145 Å². The van der Waals surface area contributed by atoms with Gasteiger partial charge in [0.1, 0.15) is 23.3 Å². The number of aromatic nitrogens is 3. The SMILES string of the molecule is COc1c(F)c(F)c(C(=O)CC2C(O)C(CO)OC(SC3COCC(n4cc(-c5ccccc5)nn4)C3O)C2OC)c(F)c1F. The predicted octanol–water partition coefficient (Wildman–Crippen LogP) is 2.53. The van der Waals surface area contributed by atoms with Crippen LogP contribution in [0.25, 0.3) is 11.3 Å². The van der Waals surface area contributed by atoms with Crippen molar-refractivity contribution in [2.75, 3.05) is 34.0 Å². The van der Waals surface area contributed by atoms with Crippen LogP contribution in [0, 0.1) is 29.2 Å². The van der Waals surface area contributed by atoms with Crippen LogP contribution in [0.2, 0.25) is 0 Å². The van der Waals surface area contributed by atoms with E-state index >= 15 is 0 Å². The van der Waals surface area contributed by atoms with Crippen LogP contribution in [0.15, 0.2) is 36.5 Å². The predicted molar refractivity (Wildman–Crippen MR) is 151 cm³/mol. The molecule has 3 aromatic rings. The van der Waals surface area contributed by atoms with E-state index in [-0.39, 0.29) is 13.2 Å². The quantitative estimate of drug-likeness (QED) is 0.168. The van der Waals surface area contributed by atoms with Crippen LogP contribution in [-0.2, 0) is 14.2 Å². The second kappa shape index (κ2) is 14.1. The summed E-state index contributed by atoms with van der Waals surface area (Å²) in [4.78, 5) is 13.1. The summed E-state index contributed by atoms with van der Waals surface area (Å²) in [5, 5.41) is 39.9. The Morgan fingerprint density at radius 2 is 1.73 bits per heavy atom. The van der Waals surface area contributed by atoms with Crippen molar-refractivity contribution in [1.82, 2.24) is 15.0 Å². The lowest BCUT2D eigenvalue weighted by Gasteiger charge is -2.45. The van der Waals surface area contributed by atoms with Gasteiger partial charge in [0, 0.05) is 25.0 Å². The fourth-order valence-corrected chi connectivity index (χ4v) is 7.13. The fraction of sp³-hybridized carbons (Fsp3) is 0.483. The van der Waals surface area contributed by atoms with E-state index in [1.54, 1.807) is 6.20 Å². The first kappa shape index (κ1) is 33.2. The number of aliphatic hydroxyl groups is 3. The number of halogens is 4. The minimum atomic E-state index is -1.95. The maximum atomic E-state index is 14.7. The summed E-state index contributed by atoms with van der Waals surface area (Å²) in [6.07, 6.45) is -4.19. The standard InChI is InChI=1S/C29H31F4N3O8S/c1-41-27-14(8-17(38)20-21(30)23(32)28(42-2)24(33)22(20)31)25(39)18(10-37)44-29(27)45-19-12-43-11-16(26(19)40)36-9-15(34-35-36)13-6-4-3-5-7-13/h3-7,9,14,16,18-19,25-27,29,37,39-40H,8,10-12H2,1-2H3. The van der Waals surface area contributed by atoms with E-state index in [0.717, 1.165) is 24.4 Å². The van der Waals surface area contributed by atoms with Gasteiger partial charge in [0.15, 0.2) is 23.2 Å². The third-order valence-electron chi connectivity index (χ3n) is 7.97. The van der Waals surface area contributed by atoms with E-state index in [0.29, 0.717) is 5.69 Å². The van der Waals surface area contributed by atoms with Crippen molar-refractivity contribution >= 4 is 17.5 Å². The average molecular weight is 658 g/mol. The van der Waals surface area contributed by atoms with Gasteiger partial charge in [-0.25, -0.2) is 13.5 Å². The summed E-state index contributed by atoms with van der Waals surface area (Å²) < 4.78 is 81.2. The molecule has 0 bridgehead atoms. The highest BCUT2D eigenvalue weighted by Gasteiger charge is 2.49. The van der Waals surface area contributed by atoms with Gasteiger partial charge < -0.3 is 34.3 Å². The maximum absolute atomic E-state index is 14.7. The molecular formula is C29H31F4N3O8S. The Bertz CT molecular complexity index is 1470. The molecule has 2 aromatic carbocycles. The molecule has 8 atom stereocenters. The van der Waals surface area contributed by atoms with Crippen LogP contribution in [-0.4, -0.2) is 105 Å². The molecule has 2 fully saturated rings. The minimum absolute atomic E-state index is 0.0651. The summed E-state index contributed by atoms with van der Waals surface area (Å²) in [5.74, 6) is -11.6. The molecule has 2 saturated heterocycles. The van der Waals surface area contributed by atoms with Gasteiger partial charge in [-0.2, -0.15) is 8.78 Å². The van der Waals surface area contributed by atoms with Gasteiger partial charge >= 0.3 is 0 Å². The normalized spacial score (nSPS) is 28.6. The van der Waals surface area contributed by atoms with Crippen LogP contribution in [0.1, 0.15) is 22.8 Å². The lowest BCUT2D eigenvalue weighted by Crippen LogP contribution is -2.56. The molecule has 8 unspecified atom stereocenters. The monoisotopic (exact) mass is 657 g/mol. The summed E-state index contributed by atoms with van der Waals surface area (Å²) in [7, 11) is 2.05. The van der Waals surface area contributed by atoms with Gasteiger partial charge in [0.2, 0.25) is 11.6 Å². The van der Waals surface area contributed by atoms with Gasteiger partial charge in [0.25, 0.3) is 0 Å². The maximum Gasteiger partial charge on any atom is 0.204 e. The van der Waals surface area contributed by atoms with Gasteiger partial charge in [-0.05, 0) is 0 Å². The number of nitrogens with zero attached hydrogens (tertiary/aromatic N) is 3. The third-order valence-corrected chi connectivity index (χ3v) is 9.38. The lowest BCUT2D eigenvalue weighted by molar-refractivity contribution is -0.189. The number of benzene rings is 2. The molecule has 3 heterocycles. The average Bonchev–Trinajstić information content (AvgIpc) is 3.53. The van der Waals surface area contributed by atoms with Gasteiger partial charge in [-0.3, -0.25) is 4.79 Å². The number of hydrogen-bond acceptors (Lipinski definition) is 11. The molecule has 11 nitrogen and oxygen atoms in total. The zero-order valence-electron chi connectivity index (χ0n) is 24.1. The van der Waals surface area contributed by atoms with E-state index in [9.17, 15) is 37.7 Å². The van der Waals surface area contributed by atoms with Crippen molar-refractivity contribution in [1.29, 1.82) is 0 Å². The van der Waals surface area contributed by atoms with E-state index < -0.39 is 100 Å². The Hall–Kier alpha value is -3.12. The number of ether oxygens (including phenoxy) is 4. The molecule has 16 heteroatoms. The highest BCUT2D eigenvalue weighted by atomic mass is 32.2. The molecule has 0 amide bonds. The molecule has 0 saturated carbocycles. The van der Waals surface area contributed by atoms with Crippen LogP contribution in [0.5, 0.6) is 5.75 Å².